The second-order valence-electron chi connectivity index (χ2n) is 6.87. The summed E-state index contributed by atoms with van der Waals surface area (Å²) in [5.74, 6) is -0.321. The number of carbonyl (C=O) groups excluding carboxylic acids is 1. The Labute approximate surface area is 177 Å². The molecule has 0 atom stereocenters. The molecule has 0 aliphatic rings. The van der Waals surface area contributed by atoms with Gasteiger partial charge >= 0.3 is 0 Å². The van der Waals surface area contributed by atoms with Crippen LogP contribution in [0.4, 0.5) is 0 Å². The normalized spacial score (nSPS) is 11.0. The highest BCUT2D eigenvalue weighted by atomic mass is 35.5. The van der Waals surface area contributed by atoms with Gasteiger partial charge in [0.1, 0.15) is 16.9 Å². The number of fused-ring (bicyclic) bond motifs is 1. The van der Waals surface area contributed by atoms with Gasteiger partial charge in [0.05, 0.1) is 24.8 Å². The lowest BCUT2D eigenvalue weighted by Crippen LogP contribution is -2.28. The van der Waals surface area contributed by atoms with E-state index in [0.717, 1.165) is 5.56 Å². The number of nitrogens with zero attached hydrogens (tertiary/aromatic N) is 5. The van der Waals surface area contributed by atoms with Gasteiger partial charge < -0.3 is 5.32 Å². The van der Waals surface area contributed by atoms with Crippen LogP contribution in [0.2, 0.25) is 5.15 Å². The molecule has 1 amide bonds. The Kier molecular flexibility index (Phi) is 5.58. The molecule has 0 aliphatic heterocycles. The number of halogens is 1. The molecule has 3 aromatic heterocycles. The first-order chi connectivity index (χ1) is 14.5. The van der Waals surface area contributed by atoms with Gasteiger partial charge in [-0.3, -0.25) is 14.2 Å². The molecule has 0 unspecified atom stereocenters. The molecule has 152 valence electrons. The molecular formula is C21H19ClN6O2. The molecule has 0 spiro atoms. The average molecular weight is 423 g/mol. The summed E-state index contributed by atoms with van der Waals surface area (Å²) in [7, 11) is 0. The van der Waals surface area contributed by atoms with Gasteiger partial charge in [-0.15, -0.1) is 0 Å². The summed E-state index contributed by atoms with van der Waals surface area (Å²) in [6.07, 6.45) is 4.55. The fraction of sp³-hybridized carbons (Fsp3) is 0.190. The number of amides is 1. The SMILES string of the molecule is Cc1ccc(Cn2cnc3c(cnn3CCNC(=O)c3cccnc3Cl)c2=O)cc1. The number of hydrogen-bond acceptors (Lipinski definition) is 5. The average Bonchev–Trinajstić information content (AvgIpc) is 3.15. The molecule has 0 bridgehead atoms. The molecule has 1 N–H and O–H groups in total. The second-order valence-corrected chi connectivity index (χ2v) is 7.22. The Morgan fingerprint density at radius 1 is 1.17 bits per heavy atom. The largest absolute Gasteiger partial charge is 0.350 e. The van der Waals surface area contributed by atoms with E-state index in [1.165, 1.54) is 24.3 Å². The standard InChI is InChI=1S/C21H19ClN6O2/c1-14-4-6-15(7-5-14)12-27-13-25-19-17(21(27)30)11-26-28(19)10-9-24-20(29)16-3-2-8-23-18(16)22/h2-8,11,13H,9-10,12H2,1H3,(H,24,29). The van der Waals surface area contributed by atoms with Crippen LogP contribution in [-0.2, 0) is 13.1 Å². The Bertz CT molecular complexity index is 1260. The molecule has 30 heavy (non-hydrogen) atoms. The first kappa shape index (κ1) is 19.8. The third-order valence-corrected chi connectivity index (χ3v) is 5.01. The maximum Gasteiger partial charge on any atom is 0.264 e. The summed E-state index contributed by atoms with van der Waals surface area (Å²) in [5, 5.41) is 7.61. The molecule has 0 radical (unpaired) electrons. The fourth-order valence-corrected chi connectivity index (χ4v) is 3.30. The fourth-order valence-electron chi connectivity index (χ4n) is 3.09. The second kappa shape index (κ2) is 8.46. The quantitative estimate of drug-likeness (QED) is 0.481. The number of aromatic nitrogens is 5. The number of benzene rings is 1. The van der Waals surface area contributed by atoms with E-state index >= 15 is 0 Å². The van der Waals surface area contributed by atoms with Crippen LogP contribution in [0, 0.1) is 6.92 Å². The van der Waals surface area contributed by atoms with Crippen molar-refractivity contribution in [2.24, 2.45) is 0 Å². The predicted octanol–water partition coefficient (Wildman–Crippen LogP) is 2.43. The maximum atomic E-state index is 12.8. The van der Waals surface area contributed by atoms with Gasteiger partial charge in [-0.25, -0.2) is 14.6 Å². The summed E-state index contributed by atoms with van der Waals surface area (Å²) in [5.41, 5.74) is 2.82. The van der Waals surface area contributed by atoms with Crippen LogP contribution in [0.3, 0.4) is 0 Å². The molecule has 0 fully saturated rings. The molecule has 4 aromatic rings. The van der Waals surface area contributed by atoms with E-state index in [0.29, 0.717) is 36.2 Å². The van der Waals surface area contributed by atoms with Gasteiger partial charge in [0.25, 0.3) is 11.5 Å². The van der Waals surface area contributed by atoms with E-state index in [1.54, 1.807) is 21.4 Å². The number of pyridine rings is 1. The smallest absolute Gasteiger partial charge is 0.264 e. The molecule has 1 aromatic carbocycles. The van der Waals surface area contributed by atoms with Gasteiger partial charge in [0, 0.05) is 12.7 Å². The minimum atomic E-state index is -0.321. The zero-order chi connectivity index (χ0) is 21.1. The first-order valence-electron chi connectivity index (χ1n) is 9.38. The molecule has 4 rings (SSSR count). The molecule has 3 heterocycles. The van der Waals surface area contributed by atoms with Crippen molar-refractivity contribution in [3.63, 3.8) is 0 Å². The lowest BCUT2D eigenvalue weighted by Gasteiger charge is -2.08. The molecule has 8 nitrogen and oxygen atoms in total. The maximum absolute atomic E-state index is 12.8. The third kappa shape index (κ3) is 4.08. The van der Waals surface area contributed by atoms with Gasteiger partial charge in [-0.1, -0.05) is 41.4 Å². The van der Waals surface area contributed by atoms with Crippen LogP contribution in [0.15, 0.2) is 59.9 Å². The summed E-state index contributed by atoms with van der Waals surface area (Å²) < 4.78 is 3.16. The minimum Gasteiger partial charge on any atom is -0.350 e. The van der Waals surface area contributed by atoms with Crippen LogP contribution in [0.25, 0.3) is 11.0 Å². The third-order valence-electron chi connectivity index (χ3n) is 4.71. The van der Waals surface area contributed by atoms with E-state index in [1.807, 2.05) is 31.2 Å². The van der Waals surface area contributed by atoms with Crippen LogP contribution >= 0.6 is 11.6 Å². The van der Waals surface area contributed by atoms with Crippen molar-refractivity contribution in [1.29, 1.82) is 0 Å². The molecule has 9 heteroatoms. The van der Waals surface area contributed by atoms with Crippen LogP contribution in [-0.4, -0.2) is 36.8 Å². The Morgan fingerprint density at radius 3 is 2.73 bits per heavy atom. The van der Waals surface area contributed by atoms with Gasteiger partial charge in [-0.05, 0) is 24.6 Å². The van der Waals surface area contributed by atoms with E-state index in [2.05, 4.69) is 20.4 Å². The zero-order valence-corrected chi connectivity index (χ0v) is 17.0. The Balaban J connectivity index is 1.46. The van der Waals surface area contributed by atoms with Crippen molar-refractivity contribution in [3.05, 3.63) is 87.3 Å². The van der Waals surface area contributed by atoms with Gasteiger partial charge in [-0.2, -0.15) is 5.10 Å². The summed E-state index contributed by atoms with van der Waals surface area (Å²) in [4.78, 5) is 33.3. The summed E-state index contributed by atoms with van der Waals surface area (Å²) in [6, 6.07) is 11.3. The minimum absolute atomic E-state index is 0.148. The van der Waals surface area contributed by atoms with Crippen molar-refractivity contribution < 1.29 is 4.79 Å². The predicted molar refractivity (Wildman–Crippen MR) is 114 cm³/mol. The highest BCUT2D eigenvalue weighted by Gasteiger charge is 2.12. The van der Waals surface area contributed by atoms with Gasteiger partial charge in [0.15, 0.2) is 5.65 Å². The van der Waals surface area contributed by atoms with Crippen molar-refractivity contribution in [2.45, 2.75) is 20.0 Å². The zero-order valence-electron chi connectivity index (χ0n) is 16.2. The molecule has 0 aliphatic carbocycles. The number of hydrogen-bond donors (Lipinski definition) is 1. The Morgan fingerprint density at radius 2 is 1.97 bits per heavy atom. The van der Waals surface area contributed by atoms with E-state index < -0.39 is 0 Å². The van der Waals surface area contributed by atoms with Crippen molar-refractivity contribution >= 4 is 28.5 Å². The molecular weight excluding hydrogens is 404 g/mol. The van der Waals surface area contributed by atoms with Crippen molar-refractivity contribution in [3.8, 4) is 0 Å². The highest BCUT2D eigenvalue weighted by molar-refractivity contribution is 6.32. The lowest BCUT2D eigenvalue weighted by atomic mass is 10.1. The lowest BCUT2D eigenvalue weighted by molar-refractivity contribution is 0.0952. The van der Waals surface area contributed by atoms with E-state index in [-0.39, 0.29) is 16.6 Å². The summed E-state index contributed by atoms with van der Waals surface area (Å²) in [6.45, 7) is 3.12. The van der Waals surface area contributed by atoms with Gasteiger partial charge in [0.2, 0.25) is 0 Å². The van der Waals surface area contributed by atoms with E-state index in [4.69, 9.17) is 11.6 Å². The van der Waals surface area contributed by atoms with E-state index in [9.17, 15) is 9.59 Å². The van der Waals surface area contributed by atoms with Crippen LogP contribution in [0.1, 0.15) is 21.5 Å². The topological polar surface area (TPSA) is 94.7 Å². The Hall–Kier alpha value is -3.52. The van der Waals surface area contributed by atoms with Crippen LogP contribution < -0.4 is 10.9 Å². The molecule has 0 saturated carbocycles. The van der Waals surface area contributed by atoms with Crippen molar-refractivity contribution in [2.75, 3.05) is 6.54 Å². The number of aryl methyl sites for hydroxylation is 1. The first-order valence-corrected chi connectivity index (χ1v) is 9.76. The number of nitrogens with one attached hydrogen (secondary N) is 1. The number of carbonyl (C=O) groups is 1. The van der Waals surface area contributed by atoms with Crippen LogP contribution in [0.5, 0.6) is 0 Å². The van der Waals surface area contributed by atoms with Crippen molar-refractivity contribution in [1.82, 2.24) is 29.6 Å². The monoisotopic (exact) mass is 422 g/mol. The molecule has 0 saturated heterocycles. The highest BCUT2D eigenvalue weighted by Crippen LogP contribution is 2.11. The summed E-state index contributed by atoms with van der Waals surface area (Å²) >= 11 is 5.94. The number of rotatable bonds is 6.